The second kappa shape index (κ2) is 18.0. The molecule has 0 rings (SSSR count). The van der Waals surface area contributed by atoms with Crippen molar-refractivity contribution in [3.63, 3.8) is 0 Å². The number of amides is 1. The second-order valence-electron chi connectivity index (χ2n) is 6.66. The number of rotatable bonds is 19. The zero-order chi connectivity index (χ0) is 19.5. The van der Waals surface area contributed by atoms with Gasteiger partial charge >= 0.3 is 8.80 Å². The molecule has 1 amide bonds. The van der Waals surface area contributed by atoms with Crippen molar-refractivity contribution in [2.75, 3.05) is 26.4 Å². The Kier molecular flexibility index (Phi) is 17.7. The fourth-order valence-corrected chi connectivity index (χ4v) is 5.65. The summed E-state index contributed by atoms with van der Waals surface area (Å²) in [4.78, 5) is 11.9. The summed E-state index contributed by atoms with van der Waals surface area (Å²) in [5.74, 6) is 0.160. The summed E-state index contributed by atoms with van der Waals surface area (Å²) in [6.45, 7) is 10.6. The van der Waals surface area contributed by atoms with Crippen LogP contribution in [-0.2, 0) is 18.1 Å². The van der Waals surface area contributed by atoms with Crippen molar-refractivity contribution < 1.29 is 18.1 Å². The molecule has 0 unspecified atom stereocenters. The van der Waals surface area contributed by atoms with Crippen LogP contribution in [0.3, 0.4) is 0 Å². The maximum Gasteiger partial charge on any atom is 0.500 e. The van der Waals surface area contributed by atoms with E-state index in [-0.39, 0.29) is 5.91 Å². The van der Waals surface area contributed by atoms with Crippen molar-refractivity contribution >= 4 is 14.7 Å². The summed E-state index contributed by atoms with van der Waals surface area (Å²) in [6, 6.07) is 0.751. The lowest BCUT2D eigenvalue weighted by Gasteiger charge is -2.28. The monoisotopic (exact) mass is 389 g/mol. The van der Waals surface area contributed by atoms with E-state index in [1.165, 1.54) is 38.5 Å². The first kappa shape index (κ1) is 25.6. The van der Waals surface area contributed by atoms with E-state index in [1.807, 2.05) is 20.8 Å². The number of hydrogen-bond donors (Lipinski definition) is 1. The molecule has 0 bridgehead atoms. The molecule has 0 aliphatic rings. The highest BCUT2D eigenvalue weighted by Crippen LogP contribution is 2.17. The summed E-state index contributed by atoms with van der Waals surface area (Å²) >= 11 is 0. The molecule has 0 radical (unpaired) electrons. The van der Waals surface area contributed by atoms with Crippen molar-refractivity contribution in [1.29, 1.82) is 0 Å². The van der Waals surface area contributed by atoms with Gasteiger partial charge in [0.25, 0.3) is 0 Å². The summed E-state index contributed by atoms with van der Waals surface area (Å²) in [5, 5.41) is 3.02. The van der Waals surface area contributed by atoms with Crippen molar-refractivity contribution in [1.82, 2.24) is 5.32 Å². The fraction of sp³-hybridized carbons (Fsp3) is 0.950. The van der Waals surface area contributed by atoms with Gasteiger partial charge in [0, 0.05) is 38.8 Å². The molecule has 0 atom stereocenters. The van der Waals surface area contributed by atoms with E-state index in [0.717, 1.165) is 25.3 Å². The molecule has 0 aromatic rings. The van der Waals surface area contributed by atoms with Gasteiger partial charge in [0.15, 0.2) is 0 Å². The molecule has 0 heterocycles. The van der Waals surface area contributed by atoms with Crippen molar-refractivity contribution in [2.24, 2.45) is 0 Å². The van der Waals surface area contributed by atoms with Gasteiger partial charge in [-0.3, -0.25) is 4.79 Å². The zero-order valence-corrected chi connectivity index (χ0v) is 18.7. The van der Waals surface area contributed by atoms with Gasteiger partial charge in [0.2, 0.25) is 5.91 Å². The molecule has 0 saturated carbocycles. The van der Waals surface area contributed by atoms with E-state index in [4.69, 9.17) is 13.3 Å². The number of carbonyl (C=O) groups excluding carboxylic acids is 1. The standard InChI is InChI=1S/C20H43NO4Si/c1-5-9-10-11-12-13-14-15-17-20(22)21-18-16-19-26(23-6-2,24-7-3)25-8-4/h5-19H2,1-4H3,(H,21,22). The Morgan fingerprint density at radius 2 is 1.23 bits per heavy atom. The van der Waals surface area contributed by atoms with Crippen LogP contribution in [0.15, 0.2) is 0 Å². The van der Waals surface area contributed by atoms with Crippen molar-refractivity contribution in [2.45, 2.75) is 97.9 Å². The van der Waals surface area contributed by atoms with Gasteiger partial charge in [0.1, 0.15) is 0 Å². The minimum atomic E-state index is -2.57. The van der Waals surface area contributed by atoms with Crippen LogP contribution < -0.4 is 5.32 Å². The molecule has 156 valence electrons. The molecule has 6 heteroatoms. The molecule has 0 aliphatic carbocycles. The highest BCUT2D eigenvalue weighted by molar-refractivity contribution is 6.60. The highest BCUT2D eigenvalue weighted by Gasteiger charge is 2.39. The second-order valence-corrected chi connectivity index (χ2v) is 9.39. The number of unbranched alkanes of at least 4 members (excludes halogenated alkanes) is 7. The summed E-state index contributed by atoms with van der Waals surface area (Å²) < 4.78 is 17.5. The molecular formula is C20H43NO4Si. The molecule has 0 aliphatic heterocycles. The minimum absolute atomic E-state index is 0.160. The molecule has 0 fully saturated rings. The third-order valence-corrected chi connectivity index (χ3v) is 7.48. The Morgan fingerprint density at radius 1 is 0.731 bits per heavy atom. The molecule has 26 heavy (non-hydrogen) atoms. The number of nitrogens with one attached hydrogen (secondary N) is 1. The predicted molar refractivity (Wildman–Crippen MR) is 110 cm³/mol. The van der Waals surface area contributed by atoms with Gasteiger partial charge in [-0.15, -0.1) is 0 Å². The van der Waals surface area contributed by atoms with Gasteiger partial charge in [-0.1, -0.05) is 51.9 Å². The van der Waals surface area contributed by atoms with E-state index >= 15 is 0 Å². The quantitative estimate of drug-likeness (QED) is 0.247. The van der Waals surface area contributed by atoms with Gasteiger partial charge in [0.05, 0.1) is 0 Å². The van der Waals surface area contributed by atoms with E-state index in [1.54, 1.807) is 0 Å². The first-order valence-electron chi connectivity index (χ1n) is 10.8. The molecule has 1 N–H and O–H groups in total. The van der Waals surface area contributed by atoms with Crippen LogP contribution in [0.1, 0.15) is 91.9 Å². The number of hydrogen-bond acceptors (Lipinski definition) is 4. The van der Waals surface area contributed by atoms with Gasteiger partial charge in [-0.2, -0.15) is 0 Å². The van der Waals surface area contributed by atoms with Crippen LogP contribution >= 0.6 is 0 Å². The molecule has 5 nitrogen and oxygen atoms in total. The fourth-order valence-electron chi connectivity index (χ4n) is 3.04. The van der Waals surface area contributed by atoms with E-state index in [9.17, 15) is 4.79 Å². The topological polar surface area (TPSA) is 56.8 Å². The maximum atomic E-state index is 11.9. The summed E-state index contributed by atoms with van der Waals surface area (Å²) in [5.41, 5.74) is 0. The van der Waals surface area contributed by atoms with Crippen LogP contribution in [0.5, 0.6) is 0 Å². The van der Waals surface area contributed by atoms with E-state index < -0.39 is 8.80 Å². The molecular weight excluding hydrogens is 346 g/mol. The Morgan fingerprint density at radius 3 is 1.73 bits per heavy atom. The average Bonchev–Trinajstić information content (AvgIpc) is 2.62. The van der Waals surface area contributed by atoms with Crippen LogP contribution in [-0.4, -0.2) is 41.1 Å². The molecule has 0 aromatic heterocycles. The lowest BCUT2D eigenvalue weighted by atomic mass is 10.1. The first-order chi connectivity index (χ1) is 12.6. The molecule has 0 saturated heterocycles. The normalized spacial score (nSPS) is 11.7. The lowest BCUT2D eigenvalue weighted by molar-refractivity contribution is -0.121. The van der Waals surface area contributed by atoms with Gasteiger partial charge in [-0.25, -0.2) is 0 Å². The van der Waals surface area contributed by atoms with Crippen molar-refractivity contribution in [3.05, 3.63) is 0 Å². The SMILES string of the molecule is CCCCCCCCCCC(=O)NCCC[Si](OCC)(OCC)OCC. The zero-order valence-electron chi connectivity index (χ0n) is 17.7. The van der Waals surface area contributed by atoms with Crippen LogP contribution in [0.2, 0.25) is 6.04 Å². The smallest absolute Gasteiger partial charge is 0.374 e. The molecule has 0 aromatic carbocycles. The Balaban J connectivity index is 3.78. The van der Waals surface area contributed by atoms with Gasteiger partial charge < -0.3 is 18.6 Å². The Hall–Kier alpha value is -0.433. The third kappa shape index (κ3) is 13.7. The maximum absolute atomic E-state index is 11.9. The minimum Gasteiger partial charge on any atom is -0.374 e. The Labute approximate surface area is 162 Å². The predicted octanol–water partition coefficient (Wildman–Crippen LogP) is 5.07. The van der Waals surface area contributed by atoms with Crippen LogP contribution in [0, 0.1) is 0 Å². The van der Waals surface area contributed by atoms with Crippen molar-refractivity contribution in [3.8, 4) is 0 Å². The van der Waals surface area contributed by atoms with Crippen LogP contribution in [0.4, 0.5) is 0 Å². The Bertz CT molecular complexity index is 312. The van der Waals surface area contributed by atoms with Crippen LogP contribution in [0.25, 0.3) is 0 Å². The van der Waals surface area contributed by atoms with E-state index in [2.05, 4.69) is 12.2 Å². The summed E-state index contributed by atoms with van der Waals surface area (Å²) in [7, 11) is -2.57. The highest BCUT2D eigenvalue weighted by atomic mass is 28.4. The first-order valence-corrected chi connectivity index (χ1v) is 12.8. The largest absolute Gasteiger partial charge is 0.500 e. The molecule has 0 spiro atoms. The third-order valence-electron chi connectivity index (χ3n) is 4.33. The summed E-state index contributed by atoms with van der Waals surface area (Å²) in [6.07, 6.45) is 11.5. The van der Waals surface area contributed by atoms with Gasteiger partial charge in [-0.05, 0) is 33.6 Å². The number of carbonyl (C=O) groups is 1. The lowest BCUT2D eigenvalue weighted by Crippen LogP contribution is -2.46. The van der Waals surface area contributed by atoms with E-state index in [0.29, 0.717) is 32.8 Å². The average molecular weight is 390 g/mol.